The first-order valence-electron chi connectivity index (χ1n) is 10.9. The minimum absolute atomic E-state index is 0.309. The van der Waals surface area contributed by atoms with Crippen LogP contribution in [0.4, 0.5) is 4.79 Å². The van der Waals surface area contributed by atoms with Crippen LogP contribution in [0.5, 0.6) is 0 Å². The molecule has 0 bridgehead atoms. The van der Waals surface area contributed by atoms with Gasteiger partial charge in [0.2, 0.25) is 0 Å². The Labute approximate surface area is 183 Å². The Bertz CT molecular complexity index is 985. The number of aliphatic carboxylic acids is 1. The highest BCUT2D eigenvalue weighted by atomic mass is 16.6. The summed E-state index contributed by atoms with van der Waals surface area (Å²) in [4.78, 5) is 28.7. The summed E-state index contributed by atoms with van der Waals surface area (Å²) in [6, 6.07) is 9.46. The minimum atomic E-state index is -0.770. The number of fused-ring (bicyclic) bond motifs is 1. The van der Waals surface area contributed by atoms with Gasteiger partial charge in [-0.15, -0.1) is 0 Å². The van der Waals surface area contributed by atoms with Crippen molar-refractivity contribution in [3.05, 3.63) is 47.7 Å². The van der Waals surface area contributed by atoms with Crippen LogP contribution in [0.15, 0.2) is 36.4 Å². The maximum absolute atomic E-state index is 12.1. The van der Waals surface area contributed by atoms with E-state index in [1.54, 1.807) is 0 Å². The van der Waals surface area contributed by atoms with Gasteiger partial charge in [-0.2, -0.15) is 0 Å². The fourth-order valence-electron chi connectivity index (χ4n) is 3.94. The molecular weight excluding hydrogens is 392 g/mol. The largest absolute Gasteiger partial charge is 0.481 e. The smallest absolute Gasteiger partial charge is 0.408 e. The highest BCUT2D eigenvalue weighted by Gasteiger charge is 2.36. The molecule has 1 heterocycles. The summed E-state index contributed by atoms with van der Waals surface area (Å²) in [5.41, 5.74) is 1.11. The highest BCUT2D eigenvalue weighted by molar-refractivity contribution is 5.83. The summed E-state index contributed by atoms with van der Waals surface area (Å²) >= 11 is 0. The van der Waals surface area contributed by atoms with Crippen molar-refractivity contribution in [2.24, 2.45) is 5.41 Å². The third-order valence-corrected chi connectivity index (χ3v) is 5.68. The summed E-state index contributed by atoms with van der Waals surface area (Å²) in [6.45, 7) is 7.33. The van der Waals surface area contributed by atoms with Crippen molar-refractivity contribution in [1.29, 1.82) is 0 Å². The number of aromatic nitrogens is 1. The normalized spacial score (nSPS) is 17.4. The second-order valence-electron chi connectivity index (χ2n) is 9.41. The lowest BCUT2D eigenvalue weighted by Crippen LogP contribution is -2.34. The Morgan fingerprint density at radius 1 is 1.16 bits per heavy atom. The molecule has 2 N–H and O–H groups in total. The number of benzene rings is 1. The van der Waals surface area contributed by atoms with E-state index in [1.807, 2.05) is 70.2 Å². The zero-order valence-electron chi connectivity index (χ0n) is 18.8. The maximum Gasteiger partial charge on any atom is 0.408 e. The molecule has 0 aliphatic heterocycles. The molecule has 2 aromatic rings. The number of carboxylic acids is 1. The first kappa shape index (κ1) is 22.8. The molecule has 1 aromatic carbocycles. The van der Waals surface area contributed by atoms with Gasteiger partial charge in [0.05, 0.1) is 22.7 Å². The lowest BCUT2D eigenvalue weighted by Gasteiger charge is -2.30. The minimum Gasteiger partial charge on any atom is -0.481 e. The van der Waals surface area contributed by atoms with E-state index in [9.17, 15) is 14.7 Å². The molecule has 1 amide bonds. The molecule has 0 unspecified atom stereocenters. The van der Waals surface area contributed by atoms with Crippen LogP contribution in [-0.2, 0) is 9.53 Å². The first-order valence-corrected chi connectivity index (χ1v) is 10.9. The van der Waals surface area contributed by atoms with Gasteiger partial charge < -0.3 is 15.2 Å². The zero-order chi connectivity index (χ0) is 22.6. The van der Waals surface area contributed by atoms with E-state index in [0.29, 0.717) is 12.8 Å². The van der Waals surface area contributed by atoms with Gasteiger partial charge in [0.25, 0.3) is 0 Å². The number of carbonyl (C=O) groups is 2. The second-order valence-corrected chi connectivity index (χ2v) is 9.41. The van der Waals surface area contributed by atoms with Crippen LogP contribution in [0, 0.1) is 5.41 Å². The van der Waals surface area contributed by atoms with E-state index >= 15 is 0 Å². The molecule has 6 nitrogen and oxygen atoms in total. The molecule has 31 heavy (non-hydrogen) atoms. The lowest BCUT2D eigenvalue weighted by molar-refractivity contribution is -0.147. The Morgan fingerprint density at radius 2 is 1.84 bits per heavy atom. The number of nitrogens with zero attached hydrogens (tertiary/aromatic N) is 1. The van der Waals surface area contributed by atoms with Gasteiger partial charge >= 0.3 is 12.1 Å². The lowest BCUT2D eigenvalue weighted by atomic mass is 9.73. The fourth-order valence-corrected chi connectivity index (χ4v) is 3.94. The highest BCUT2D eigenvalue weighted by Crippen LogP contribution is 2.38. The predicted octanol–water partition coefficient (Wildman–Crippen LogP) is 5.87. The SMILES string of the molecule is C[C@@H](NC(=O)OC(C)(C)C)c1ccc2ccc(/C=C/C3(C(=O)O)CCCCC3)cc2n1. The maximum atomic E-state index is 12.1. The van der Waals surface area contributed by atoms with Crippen molar-refractivity contribution < 1.29 is 19.4 Å². The van der Waals surface area contributed by atoms with Crippen LogP contribution in [0.3, 0.4) is 0 Å². The number of rotatable bonds is 5. The van der Waals surface area contributed by atoms with Gasteiger partial charge in [-0.3, -0.25) is 9.78 Å². The standard InChI is InChI=1S/C25H32N2O4/c1-17(26-23(30)31-24(2,3)4)20-11-10-19-9-8-18(16-21(19)27-20)12-15-25(22(28)29)13-6-5-7-14-25/h8-12,15-17H,5-7,13-14H2,1-4H3,(H,26,30)(H,28,29)/b15-12+/t17-/m1/s1. The topological polar surface area (TPSA) is 88.5 Å². The van der Waals surface area contributed by atoms with Crippen molar-refractivity contribution >= 4 is 29.0 Å². The molecule has 1 saturated carbocycles. The van der Waals surface area contributed by atoms with Gasteiger partial charge in [0.15, 0.2) is 0 Å². The number of alkyl carbamates (subject to hydrolysis) is 1. The van der Waals surface area contributed by atoms with E-state index in [-0.39, 0.29) is 6.04 Å². The molecule has 1 aliphatic rings. The van der Waals surface area contributed by atoms with Crippen LogP contribution in [0.25, 0.3) is 17.0 Å². The van der Waals surface area contributed by atoms with E-state index in [0.717, 1.165) is 41.4 Å². The van der Waals surface area contributed by atoms with Crippen LogP contribution in [0.1, 0.15) is 77.1 Å². The Balaban J connectivity index is 1.80. The number of carbonyl (C=O) groups excluding carboxylic acids is 1. The quantitative estimate of drug-likeness (QED) is 0.627. The van der Waals surface area contributed by atoms with Gasteiger partial charge in [-0.1, -0.05) is 49.6 Å². The molecule has 6 heteroatoms. The molecule has 3 rings (SSSR count). The number of hydrogen-bond acceptors (Lipinski definition) is 4. The van der Waals surface area contributed by atoms with Crippen molar-refractivity contribution in [2.45, 2.75) is 71.4 Å². The Kier molecular flexibility index (Phi) is 6.68. The van der Waals surface area contributed by atoms with Gasteiger partial charge in [-0.25, -0.2) is 4.79 Å². The summed E-state index contributed by atoms with van der Waals surface area (Å²) in [5, 5.41) is 13.6. The van der Waals surface area contributed by atoms with Crippen LogP contribution >= 0.6 is 0 Å². The number of hydrogen-bond donors (Lipinski definition) is 2. The third-order valence-electron chi connectivity index (χ3n) is 5.68. The van der Waals surface area contributed by atoms with Crippen LogP contribution in [-0.4, -0.2) is 27.8 Å². The Morgan fingerprint density at radius 3 is 2.48 bits per heavy atom. The predicted molar refractivity (Wildman–Crippen MR) is 122 cm³/mol. The average Bonchev–Trinajstić information content (AvgIpc) is 2.70. The van der Waals surface area contributed by atoms with Gasteiger partial charge in [0, 0.05) is 5.39 Å². The molecule has 1 aromatic heterocycles. The zero-order valence-corrected chi connectivity index (χ0v) is 18.8. The first-order chi connectivity index (χ1) is 14.6. The number of pyridine rings is 1. The number of ether oxygens (including phenoxy) is 1. The molecule has 1 aliphatic carbocycles. The Hall–Kier alpha value is -2.89. The summed E-state index contributed by atoms with van der Waals surface area (Å²) in [7, 11) is 0. The molecule has 0 radical (unpaired) electrons. The molecule has 166 valence electrons. The molecule has 0 spiro atoms. The summed E-state index contributed by atoms with van der Waals surface area (Å²) in [6.07, 6.45) is 7.63. The van der Waals surface area contributed by atoms with Crippen LogP contribution in [0.2, 0.25) is 0 Å². The van der Waals surface area contributed by atoms with E-state index in [1.165, 1.54) is 0 Å². The van der Waals surface area contributed by atoms with Crippen molar-refractivity contribution in [3.8, 4) is 0 Å². The fraction of sp³-hybridized carbons (Fsp3) is 0.480. The van der Waals surface area contributed by atoms with Gasteiger partial charge in [0.1, 0.15) is 5.60 Å². The van der Waals surface area contributed by atoms with Crippen LogP contribution < -0.4 is 5.32 Å². The number of amides is 1. The van der Waals surface area contributed by atoms with E-state index < -0.39 is 23.1 Å². The third kappa shape index (κ3) is 5.84. The molecule has 0 saturated heterocycles. The molecule has 1 fully saturated rings. The number of carboxylic acid groups (broad SMARTS) is 1. The van der Waals surface area contributed by atoms with Crippen molar-refractivity contribution in [1.82, 2.24) is 10.3 Å². The molecular formula is C25H32N2O4. The second kappa shape index (κ2) is 9.08. The van der Waals surface area contributed by atoms with Gasteiger partial charge in [-0.05, 0) is 58.2 Å². The van der Waals surface area contributed by atoms with Crippen molar-refractivity contribution in [2.75, 3.05) is 0 Å². The summed E-state index contributed by atoms with van der Waals surface area (Å²) in [5.74, 6) is -0.744. The van der Waals surface area contributed by atoms with E-state index in [4.69, 9.17) is 9.72 Å². The summed E-state index contributed by atoms with van der Waals surface area (Å²) < 4.78 is 5.32. The van der Waals surface area contributed by atoms with Crippen molar-refractivity contribution in [3.63, 3.8) is 0 Å². The molecule has 1 atom stereocenters. The van der Waals surface area contributed by atoms with E-state index in [2.05, 4.69) is 5.32 Å². The monoisotopic (exact) mass is 424 g/mol. The average molecular weight is 425 g/mol. The number of nitrogens with one attached hydrogen (secondary N) is 1.